The van der Waals surface area contributed by atoms with Gasteiger partial charge < -0.3 is 4.74 Å². The maximum atomic E-state index is 6.20. The molecule has 0 N–H and O–H groups in total. The Morgan fingerprint density at radius 2 is 2.07 bits per heavy atom. The van der Waals surface area contributed by atoms with Gasteiger partial charge >= 0.3 is 0 Å². The van der Waals surface area contributed by atoms with Crippen LogP contribution in [-0.2, 0) is 0 Å². The second-order valence-electron chi connectivity index (χ2n) is 2.89. The third kappa shape index (κ3) is 1.88. The second kappa shape index (κ2) is 4.31. The van der Waals surface area contributed by atoms with Gasteiger partial charge in [-0.05, 0) is 34.7 Å². The molecule has 5 heteroatoms. The monoisotopic (exact) mass is 353 g/mol. The Balaban J connectivity index is 2.95. The molecule has 0 aliphatic heterocycles. The lowest BCUT2D eigenvalue weighted by Crippen LogP contribution is -1.90. The fourth-order valence-electron chi connectivity index (χ4n) is 1.35. The first-order valence-electron chi connectivity index (χ1n) is 4.11. The Kier molecular flexibility index (Phi) is 3.23. The number of hydrogen-bond acceptors (Lipinski definition) is 2. The summed E-state index contributed by atoms with van der Waals surface area (Å²) < 4.78 is 6.11. The maximum absolute atomic E-state index is 6.20. The molecule has 2 nitrogen and oxygen atoms in total. The minimum absolute atomic E-state index is 0.573. The topological polar surface area (TPSA) is 22.1 Å². The molecular formula is C10H6Cl2INO. The van der Waals surface area contributed by atoms with Gasteiger partial charge in [-0.1, -0.05) is 23.2 Å². The van der Waals surface area contributed by atoms with Gasteiger partial charge in [0.1, 0.15) is 5.75 Å². The van der Waals surface area contributed by atoms with E-state index in [4.69, 9.17) is 27.9 Å². The molecule has 2 rings (SSSR count). The molecule has 0 spiro atoms. The molecule has 0 saturated heterocycles. The minimum atomic E-state index is 0.573. The van der Waals surface area contributed by atoms with Crippen LogP contribution in [0.25, 0.3) is 10.9 Å². The molecule has 0 amide bonds. The van der Waals surface area contributed by atoms with E-state index in [1.165, 1.54) is 0 Å². The van der Waals surface area contributed by atoms with E-state index in [1.54, 1.807) is 25.4 Å². The standard InChI is InChI=1S/C10H6Cl2INO/c1-15-7-3-2-5(11)10-8(7)9(12)6(13)4-14-10/h2-4H,1H3. The Bertz CT molecular complexity index is 530. The molecule has 78 valence electrons. The van der Waals surface area contributed by atoms with Gasteiger partial charge in [-0.3, -0.25) is 4.98 Å². The Morgan fingerprint density at radius 3 is 2.73 bits per heavy atom. The molecular weight excluding hydrogens is 348 g/mol. The van der Waals surface area contributed by atoms with E-state index in [0.717, 1.165) is 8.96 Å². The van der Waals surface area contributed by atoms with Gasteiger partial charge in [0.25, 0.3) is 0 Å². The van der Waals surface area contributed by atoms with Crippen molar-refractivity contribution in [1.29, 1.82) is 0 Å². The highest BCUT2D eigenvalue weighted by atomic mass is 127. The number of pyridine rings is 1. The molecule has 1 heterocycles. The van der Waals surface area contributed by atoms with Crippen LogP contribution >= 0.6 is 45.8 Å². The summed E-state index contributed by atoms with van der Waals surface area (Å²) >= 11 is 14.4. The molecule has 0 radical (unpaired) electrons. The van der Waals surface area contributed by atoms with Crippen molar-refractivity contribution in [1.82, 2.24) is 4.98 Å². The SMILES string of the molecule is COc1ccc(Cl)c2ncc(I)c(Cl)c12. The van der Waals surface area contributed by atoms with Crippen LogP contribution in [0.15, 0.2) is 18.3 Å². The molecule has 0 fully saturated rings. The van der Waals surface area contributed by atoms with Crippen molar-refractivity contribution >= 4 is 56.7 Å². The van der Waals surface area contributed by atoms with Crippen molar-refractivity contribution in [3.05, 3.63) is 31.9 Å². The predicted octanol–water partition coefficient (Wildman–Crippen LogP) is 4.15. The molecule has 0 bridgehead atoms. The summed E-state index contributed by atoms with van der Waals surface area (Å²) in [5.74, 6) is 0.686. The summed E-state index contributed by atoms with van der Waals surface area (Å²) in [6.45, 7) is 0. The molecule has 15 heavy (non-hydrogen) atoms. The number of halogens is 3. The first kappa shape index (κ1) is 11.2. The molecule has 0 atom stereocenters. The number of aromatic nitrogens is 1. The fourth-order valence-corrected chi connectivity index (χ4v) is 2.20. The largest absolute Gasteiger partial charge is 0.496 e. The van der Waals surface area contributed by atoms with E-state index in [2.05, 4.69) is 27.6 Å². The quantitative estimate of drug-likeness (QED) is 0.718. The smallest absolute Gasteiger partial charge is 0.129 e. The molecule has 1 aromatic carbocycles. The highest BCUT2D eigenvalue weighted by molar-refractivity contribution is 14.1. The Hall–Kier alpha value is -0.260. The van der Waals surface area contributed by atoms with Crippen LogP contribution in [-0.4, -0.2) is 12.1 Å². The van der Waals surface area contributed by atoms with Crippen LogP contribution in [0.3, 0.4) is 0 Å². The number of ether oxygens (including phenoxy) is 1. The number of rotatable bonds is 1. The molecule has 1 aromatic heterocycles. The first-order chi connectivity index (χ1) is 7.15. The summed E-state index contributed by atoms with van der Waals surface area (Å²) in [5.41, 5.74) is 0.668. The number of methoxy groups -OCH3 is 1. The molecule has 0 saturated carbocycles. The molecule has 0 aliphatic carbocycles. The fraction of sp³-hybridized carbons (Fsp3) is 0.100. The number of fused-ring (bicyclic) bond motifs is 1. The zero-order valence-electron chi connectivity index (χ0n) is 7.72. The predicted molar refractivity (Wildman–Crippen MR) is 71.0 cm³/mol. The van der Waals surface area contributed by atoms with Crippen molar-refractivity contribution in [2.45, 2.75) is 0 Å². The van der Waals surface area contributed by atoms with Crippen molar-refractivity contribution in [2.75, 3.05) is 7.11 Å². The average Bonchev–Trinajstić information content (AvgIpc) is 2.24. The van der Waals surface area contributed by atoms with E-state index < -0.39 is 0 Å². The van der Waals surface area contributed by atoms with Crippen LogP contribution in [0.5, 0.6) is 5.75 Å². The van der Waals surface area contributed by atoms with Crippen molar-refractivity contribution in [2.24, 2.45) is 0 Å². The van der Waals surface area contributed by atoms with Crippen LogP contribution in [0.1, 0.15) is 0 Å². The number of hydrogen-bond donors (Lipinski definition) is 0. The number of nitrogens with zero attached hydrogens (tertiary/aromatic N) is 1. The van der Waals surface area contributed by atoms with Crippen LogP contribution in [0, 0.1) is 3.57 Å². The maximum Gasteiger partial charge on any atom is 0.129 e. The van der Waals surface area contributed by atoms with Gasteiger partial charge in [-0.25, -0.2) is 0 Å². The van der Waals surface area contributed by atoms with Crippen LogP contribution in [0.2, 0.25) is 10.0 Å². The van der Waals surface area contributed by atoms with Gasteiger partial charge in [0, 0.05) is 6.20 Å². The molecule has 2 aromatic rings. The number of benzene rings is 1. The lowest BCUT2D eigenvalue weighted by Gasteiger charge is -2.08. The van der Waals surface area contributed by atoms with E-state index in [9.17, 15) is 0 Å². The normalized spacial score (nSPS) is 10.7. The lowest BCUT2D eigenvalue weighted by atomic mass is 10.2. The Labute approximate surface area is 111 Å². The van der Waals surface area contributed by atoms with E-state index >= 15 is 0 Å². The van der Waals surface area contributed by atoms with Gasteiger partial charge in [0.15, 0.2) is 0 Å². The van der Waals surface area contributed by atoms with Gasteiger partial charge in [-0.2, -0.15) is 0 Å². The zero-order chi connectivity index (χ0) is 11.0. The highest BCUT2D eigenvalue weighted by Gasteiger charge is 2.12. The molecule has 0 aliphatic rings. The van der Waals surface area contributed by atoms with E-state index in [0.29, 0.717) is 21.3 Å². The lowest BCUT2D eigenvalue weighted by molar-refractivity contribution is 0.420. The van der Waals surface area contributed by atoms with Crippen LogP contribution < -0.4 is 4.74 Å². The summed E-state index contributed by atoms with van der Waals surface area (Å²) in [7, 11) is 1.60. The summed E-state index contributed by atoms with van der Waals surface area (Å²) in [4.78, 5) is 4.25. The van der Waals surface area contributed by atoms with Crippen molar-refractivity contribution < 1.29 is 4.74 Å². The summed E-state index contributed by atoms with van der Waals surface area (Å²) in [6, 6.07) is 3.53. The average molecular weight is 354 g/mol. The third-order valence-corrected chi connectivity index (χ3v) is 3.88. The Morgan fingerprint density at radius 1 is 1.33 bits per heavy atom. The van der Waals surface area contributed by atoms with Crippen molar-refractivity contribution in [3.63, 3.8) is 0 Å². The van der Waals surface area contributed by atoms with Crippen LogP contribution in [0.4, 0.5) is 0 Å². The van der Waals surface area contributed by atoms with Gasteiger partial charge in [0.2, 0.25) is 0 Å². The van der Waals surface area contributed by atoms with Gasteiger partial charge in [0.05, 0.1) is 31.6 Å². The summed E-state index contributed by atoms with van der Waals surface area (Å²) in [5, 5.41) is 1.96. The van der Waals surface area contributed by atoms with E-state index in [1.807, 2.05) is 0 Å². The van der Waals surface area contributed by atoms with Gasteiger partial charge in [-0.15, -0.1) is 0 Å². The summed E-state index contributed by atoms with van der Waals surface area (Å²) in [6.07, 6.45) is 1.69. The second-order valence-corrected chi connectivity index (χ2v) is 4.84. The van der Waals surface area contributed by atoms with Crippen molar-refractivity contribution in [3.8, 4) is 5.75 Å². The highest BCUT2D eigenvalue weighted by Crippen LogP contribution is 2.36. The zero-order valence-corrected chi connectivity index (χ0v) is 11.4. The first-order valence-corrected chi connectivity index (χ1v) is 5.95. The third-order valence-electron chi connectivity index (χ3n) is 2.05. The molecule has 0 unspecified atom stereocenters. The van der Waals surface area contributed by atoms with E-state index in [-0.39, 0.29) is 0 Å². The minimum Gasteiger partial charge on any atom is -0.496 e.